The topological polar surface area (TPSA) is 50.1 Å². The zero-order valence-electron chi connectivity index (χ0n) is 5.57. The quantitative estimate of drug-likeness (QED) is 0.363. The van der Waals surface area contributed by atoms with Crippen molar-refractivity contribution in [1.82, 2.24) is 11.0 Å². The molecule has 0 heterocycles. The van der Waals surface area contributed by atoms with Crippen LogP contribution in [-0.2, 0) is 0 Å². The second-order valence-corrected chi connectivity index (χ2v) is 1.98. The highest BCUT2D eigenvalue weighted by molar-refractivity contribution is 4.52. The lowest BCUT2D eigenvalue weighted by Gasteiger charge is -2.09. The summed E-state index contributed by atoms with van der Waals surface area (Å²) in [4.78, 5) is 0. The van der Waals surface area contributed by atoms with Crippen molar-refractivity contribution in [3.8, 4) is 0 Å². The van der Waals surface area contributed by atoms with Gasteiger partial charge in [-0.15, -0.1) is 0 Å². The zero-order valence-corrected chi connectivity index (χ0v) is 5.57. The van der Waals surface area contributed by atoms with E-state index in [-0.39, 0.29) is 0 Å². The molecular formula is C5H15N3. The van der Waals surface area contributed by atoms with E-state index in [4.69, 9.17) is 5.84 Å². The Hall–Kier alpha value is -0.120. The summed E-state index contributed by atoms with van der Waals surface area (Å²) < 4.78 is 0. The third-order valence-electron chi connectivity index (χ3n) is 1.05. The van der Waals surface area contributed by atoms with Crippen molar-refractivity contribution in [3.63, 3.8) is 0 Å². The first-order valence-corrected chi connectivity index (χ1v) is 3.02. The summed E-state index contributed by atoms with van der Waals surface area (Å²) in [5, 5.41) is 0. The van der Waals surface area contributed by atoms with E-state index >= 15 is 0 Å². The molecule has 1 unspecified atom stereocenters. The summed E-state index contributed by atoms with van der Waals surface area (Å²) in [6, 6.07) is 0.477. The summed E-state index contributed by atoms with van der Waals surface area (Å²) in [5.41, 5.74) is 5.28. The molecule has 0 aromatic carbocycles. The molecule has 0 saturated heterocycles. The molecule has 3 heteroatoms. The van der Waals surface area contributed by atoms with Gasteiger partial charge in [-0.2, -0.15) is 5.53 Å². The highest BCUT2D eigenvalue weighted by atomic mass is 15.5. The number of nitrogens with one attached hydrogen (secondary N) is 2. The van der Waals surface area contributed by atoms with Crippen LogP contribution in [0.1, 0.15) is 26.7 Å². The van der Waals surface area contributed by atoms with Crippen LogP contribution in [0.5, 0.6) is 0 Å². The predicted octanol–water partition coefficient (Wildman–Crippen LogP) is 0.143. The molecule has 4 N–H and O–H groups in total. The van der Waals surface area contributed by atoms with Crippen LogP contribution in [0.3, 0.4) is 0 Å². The first-order valence-electron chi connectivity index (χ1n) is 3.02. The molecule has 0 aromatic heterocycles. The van der Waals surface area contributed by atoms with E-state index in [0.29, 0.717) is 6.04 Å². The van der Waals surface area contributed by atoms with Gasteiger partial charge in [-0.3, -0.25) is 5.84 Å². The Kier molecular flexibility index (Phi) is 4.95. The molecule has 3 nitrogen and oxygen atoms in total. The van der Waals surface area contributed by atoms with Gasteiger partial charge in [-0.1, -0.05) is 13.3 Å². The van der Waals surface area contributed by atoms with Gasteiger partial charge in [0.15, 0.2) is 0 Å². The minimum atomic E-state index is 0.477. The normalized spacial score (nSPS) is 13.9. The first-order chi connectivity index (χ1) is 3.81. The van der Waals surface area contributed by atoms with Gasteiger partial charge in [0.1, 0.15) is 0 Å². The lowest BCUT2D eigenvalue weighted by Crippen LogP contribution is -2.43. The summed E-state index contributed by atoms with van der Waals surface area (Å²) in [6.45, 7) is 4.23. The molecule has 1 atom stereocenters. The molecule has 50 valence electrons. The third kappa shape index (κ3) is 4.05. The third-order valence-corrected chi connectivity index (χ3v) is 1.05. The standard InChI is InChI=1S/C5H15N3/c1-3-4-5(2)7-8-6/h5,7-8H,3-4,6H2,1-2H3. The van der Waals surface area contributed by atoms with Gasteiger partial charge < -0.3 is 0 Å². The smallest absolute Gasteiger partial charge is 0.0197 e. The highest BCUT2D eigenvalue weighted by Crippen LogP contribution is 1.91. The molecule has 0 amide bonds. The van der Waals surface area contributed by atoms with Crippen molar-refractivity contribution in [1.29, 1.82) is 0 Å². The summed E-state index contributed by atoms with van der Waals surface area (Å²) in [5.74, 6) is 5.00. The van der Waals surface area contributed by atoms with Crippen LogP contribution in [0.2, 0.25) is 0 Å². The Morgan fingerprint density at radius 3 is 2.62 bits per heavy atom. The molecule has 0 aliphatic heterocycles. The van der Waals surface area contributed by atoms with E-state index in [9.17, 15) is 0 Å². The van der Waals surface area contributed by atoms with Crippen LogP contribution in [0, 0.1) is 0 Å². The maximum atomic E-state index is 5.00. The van der Waals surface area contributed by atoms with Crippen molar-refractivity contribution in [3.05, 3.63) is 0 Å². The number of nitrogens with two attached hydrogens (primary N) is 1. The summed E-state index contributed by atoms with van der Waals surface area (Å²) in [7, 11) is 0. The molecule has 0 radical (unpaired) electrons. The van der Waals surface area contributed by atoms with Gasteiger partial charge in [0, 0.05) is 6.04 Å². The van der Waals surface area contributed by atoms with Gasteiger partial charge in [0.2, 0.25) is 0 Å². The van der Waals surface area contributed by atoms with Gasteiger partial charge in [0.25, 0.3) is 0 Å². The average Bonchev–Trinajstić information content (AvgIpc) is 1.68. The van der Waals surface area contributed by atoms with Crippen molar-refractivity contribution in [2.75, 3.05) is 0 Å². The van der Waals surface area contributed by atoms with Crippen molar-refractivity contribution in [2.24, 2.45) is 5.84 Å². The minimum Gasteiger partial charge on any atom is -0.258 e. The minimum absolute atomic E-state index is 0.477. The largest absolute Gasteiger partial charge is 0.258 e. The molecule has 0 rings (SSSR count). The molecule has 0 aliphatic carbocycles. The fourth-order valence-corrected chi connectivity index (χ4v) is 0.647. The number of hydrogen-bond acceptors (Lipinski definition) is 3. The molecule has 0 bridgehead atoms. The monoisotopic (exact) mass is 117 g/mol. The van der Waals surface area contributed by atoms with Gasteiger partial charge >= 0.3 is 0 Å². The second-order valence-electron chi connectivity index (χ2n) is 1.98. The van der Waals surface area contributed by atoms with Crippen molar-refractivity contribution >= 4 is 0 Å². The van der Waals surface area contributed by atoms with Crippen LogP contribution in [0.4, 0.5) is 0 Å². The lowest BCUT2D eigenvalue weighted by atomic mass is 10.2. The molecule has 0 aromatic rings. The Labute approximate surface area is 50.6 Å². The first kappa shape index (κ1) is 7.88. The van der Waals surface area contributed by atoms with Crippen LogP contribution in [0.25, 0.3) is 0 Å². The van der Waals surface area contributed by atoms with Gasteiger partial charge in [0.05, 0.1) is 0 Å². The molecule has 0 aliphatic rings. The number of hydrazine groups is 2. The van der Waals surface area contributed by atoms with Crippen LogP contribution >= 0.6 is 0 Å². The zero-order chi connectivity index (χ0) is 6.41. The average molecular weight is 117 g/mol. The van der Waals surface area contributed by atoms with Gasteiger partial charge in [-0.05, 0) is 13.3 Å². The molecule has 0 spiro atoms. The van der Waals surface area contributed by atoms with E-state index < -0.39 is 0 Å². The fraction of sp³-hybridized carbons (Fsp3) is 1.00. The Morgan fingerprint density at radius 1 is 1.62 bits per heavy atom. The number of hydrogen-bond donors (Lipinski definition) is 3. The molecular weight excluding hydrogens is 102 g/mol. The van der Waals surface area contributed by atoms with Crippen molar-refractivity contribution < 1.29 is 0 Å². The lowest BCUT2D eigenvalue weighted by molar-refractivity contribution is 0.437. The Bertz CT molecular complexity index is 40.9. The molecule has 0 fully saturated rings. The summed E-state index contributed by atoms with van der Waals surface area (Å²) in [6.07, 6.45) is 2.35. The van der Waals surface area contributed by atoms with Crippen LogP contribution in [-0.4, -0.2) is 6.04 Å². The van der Waals surface area contributed by atoms with E-state index in [1.54, 1.807) is 0 Å². The Morgan fingerprint density at radius 2 is 2.25 bits per heavy atom. The maximum absolute atomic E-state index is 5.00. The molecule has 8 heavy (non-hydrogen) atoms. The molecule has 0 saturated carbocycles. The summed E-state index contributed by atoms with van der Waals surface area (Å²) >= 11 is 0. The maximum Gasteiger partial charge on any atom is 0.0197 e. The van der Waals surface area contributed by atoms with E-state index in [1.165, 1.54) is 6.42 Å². The Balaban J connectivity index is 2.92. The highest BCUT2D eigenvalue weighted by Gasteiger charge is 1.94. The van der Waals surface area contributed by atoms with Crippen LogP contribution < -0.4 is 16.8 Å². The van der Waals surface area contributed by atoms with Crippen molar-refractivity contribution in [2.45, 2.75) is 32.7 Å². The number of rotatable bonds is 4. The van der Waals surface area contributed by atoms with E-state index in [2.05, 4.69) is 24.8 Å². The second kappa shape index (κ2) is 5.03. The SMILES string of the molecule is CCCC(C)NNN. The fourth-order valence-electron chi connectivity index (χ4n) is 0.647. The van der Waals surface area contributed by atoms with E-state index in [1.807, 2.05) is 0 Å². The predicted molar refractivity (Wildman–Crippen MR) is 34.8 cm³/mol. The van der Waals surface area contributed by atoms with E-state index in [0.717, 1.165) is 6.42 Å². The van der Waals surface area contributed by atoms with Gasteiger partial charge in [-0.25, -0.2) is 5.43 Å². The van der Waals surface area contributed by atoms with Crippen LogP contribution in [0.15, 0.2) is 0 Å².